The van der Waals surface area contributed by atoms with E-state index in [1.165, 1.54) is 17.2 Å². The number of nitrogens with zero attached hydrogens (tertiary/aromatic N) is 9. The molecule has 10 nitrogen and oxygen atoms in total. The van der Waals surface area contributed by atoms with Crippen molar-refractivity contribution < 1.29 is 4.73 Å². The zero-order chi connectivity index (χ0) is 20.7. The molecule has 3 aromatic heterocycles. The van der Waals surface area contributed by atoms with Crippen LogP contribution in [-0.2, 0) is 7.05 Å². The SMILES string of the molecule is Cn1c(-c2ccc[n+]([O-])c2)nnc1N1CCC[C@@H]1c1nnn(-c2cccc(Cl)c2)n1. The fourth-order valence-electron chi connectivity index (χ4n) is 3.75. The summed E-state index contributed by atoms with van der Waals surface area (Å²) in [6, 6.07) is 10.8. The minimum absolute atomic E-state index is 0.0612. The van der Waals surface area contributed by atoms with Gasteiger partial charge in [0.05, 0.1) is 17.3 Å². The molecular formula is C19H18ClN9O. The Balaban J connectivity index is 1.45. The van der Waals surface area contributed by atoms with Gasteiger partial charge in [-0.05, 0) is 42.3 Å². The molecule has 1 saturated heterocycles. The van der Waals surface area contributed by atoms with Crippen LogP contribution in [0, 0.1) is 5.21 Å². The summed E-state index contributed by atoms with van der Waals surface area (Å²) in [5.41, 5.74) is 1.45. The van der Waals surface area contributed by atoms with E-state index in [0.717, 1.165) is 29.8 Å². The van der Waals surface area contributed by atoms with Crippen LogP contribution in [0.3, 0.4) is 0 Å². The molecule has 11 heteroatoms. The lowest BCUT2D eigenvalue weighted by molar-refractivity contribution is -0.604. The quantitative estimate of drug-likeness (QED) is 0.365. The number of rotatable bonds is 4. The Bertz CT molecular complexity index is 1200. The van der Waals surface area contributed by atoms with Gasteiger partial charge in [0.1, 0.15) is 0 Å². The van der Waals surface area contributed by atoms with E-state index in [-0.39, 0.29) is 6.04 Å². The van der Waals surface area contributed by atoms with Gasteiger partial charge in [0, 0.05) is 24.7 Å². The number of benzene rings is 1. The van der Waals surface area contributed by atoms with Crippen molar-refractivity contribution in [2.45, 2.75) is 18.9 Å². The first-order valence-electron chi connectivity index (χ1n) is 9.51. The summed E-state index contributed by atoms with van der Waals surface area (Å²) in [6.45, 7) is 0.804. The molecule has 0 radical (unpaired) electrons. The first-order valence-corrected chi connectivity index (χ1v) is 9.89. The Morgan fingerprint density at radius 1 is 1.17 bits per heavy atom. The number of tetrazole rings is 1. The minimum atomic E-state index is -0.0612. The highest BCUT2D eigenvalue weighted by atomic mass is 35.5. The minimum Gasteiger partial charge on any atom is -0.619 e. The molecule has 5 rings (SSSR count). The van der Waals surface area contributed by atoms with Crippen LogP contribution in [0.1, 0.15) is 24.7 Å². The van der Waals surface area contributed by atoms with E-state index in [2.05, 4.69) is 30.5 Å². The van der Waals surface area contributed by atoms with Crippen LogP contribution < -0.4 is 9.63 Å². The lowest BCUT2D eigenvalue weighted by Crippen LogP contribution is -2.26. The lowest BCUT2D eigenvalue weighted by atomic mass is 10.2. The number of hydrogen-bond donors (Lipinski definition) is 0. The van der Waals surface area contributed by atoms with Gasteiger partial charge >= 0.3 is 0 Å². The van der Waals surface area contributed by atoms with Crippen molar-refractivity contribution in [2.24, 2.45) is 7.05 Å². The van der Waals surface area contributed by atoms with Gasteiger partial charge in [0.25, 0.3) is 0 Å². The van der Waals surface area contributed by atoms with Gasteiger partial charge in [-0.3, -0.25) is 4.57 Å². The molecule has 4 heterocycles. The molecule has 0 unspecified atom stereocenters. The average molecular weight is 424 g/mol. The summed E-state index contributed by atoms with van der Waals surface area (Å²) in [6.07, 6.45) is 4.78. The van der Waals surface area contributed by atoms with Gasteiger partial charge in [-0.1, -0.05) is 17.7 Å². The Morgan fingerprint density at radius 3 is 2.90 bits per heavy atom. The summed E-state index contributed by atoms with van der Waals surface area (Å²) in [4.78, 5) is 3.61. The van der Waals surface area contributed by atoms with Crippen molar-refractivity contribution in [3.05, 3.63) is 64.8 Å². The highest BCUT2D eigenvalue weighted by molar-refractivity contribution is 6.30. The summed E-state index contributed by atoms with van der Waals surface area (Å²) >= 11 is 6.08. The topological polar surface area (TPSA) is 104 Å². The Morgan fingerprint density at radius 2 is 2.07 bits per heavy atom. The molecule has 0 bridgehead atoms. The number of aromatic nitrogens is 8. The molecule has 0 amide bonds. The molecule has 152 valence electrons. The molecular weight excluding hydrogens is 406 g/mol. The summed E-state index contributed by atoms with van der Waals surface area (Å²) in [7, 11) is 1.89. The molecule has 0 N–H and O–H groups in total. The molecule has 1 atom stereocenters. The van der Waals surface area contributed by atoms with Crippen LogP contribution in [0.4, 0.5) is 5.95 Å². The zero-order valence-corrected chi connectivity index (χ0v) is 16.9. The van der Waals surface area contributed by atoms with Crippen LogP contribution in [0.25, 0.3) is 17.1 Å². The fourth-order valence-corrected chi connectivity index (χ4v) is 3.94. The van der Waals surface area contributed by atoms with Crippen LogP contribution >= 0.6 is 11.6 Å². The molecule has 1 aromatic carbocycles. The van der Waals surface area contributed by atoms with Crippen LogP contribution in [0.15, 0.2) is 48.8 Å². The smallest absolute Gasteiger partial charge is 0.227 e. The third kappa shape index (κ3) is 3.24. The Labute approximate surface area is 176 Å². The van der Waals surface area contributed by atoms with Gasteiger partial charge in [-0.25, -0.2) is 0 Å². The molecule has 1 fully saturated rings. The predicted molar refractivity (Wildman–Crippen MR) is 109 cm³/mol. The summed E-state index contributed by atoms with van der Waals surface area (Å²) in [5.74, 6) is 1.94. The van der Waals surface area contributed by atoms with Crippen molar-refractivity contribution >= 4 is 17.5 Å². The van der Waals surface area contributed by atoms with E-state index < -0.39 is 0 Å². The van der Waals surface area contributed by atoms with Crippen molar-refractivity contribution in [1.82, 2.24) is 35.0 Å². The van der Waals surface area contributed by atoms with Crippen LogP contribution in [0.5, 0.6) is 0 Å². The first-order chi connectivity index (χ1) is 14.6. The number of pyridine rings is 1. The van der Waals surface area contributed by atoms with Gasteiger partial charge in [0.2, 0.25) is 5.95 Å². The van der Waals surface area contributed by atoms with Gasteiger partial charge in [0.15, 0.2) is 24.0 Å². The molecule has 1 aliphatic rings. The molecule has 30 heavy (non-hydrogen) atoms. The maximum atomic E-state index is 11.6. The summed E-state index contributed by atoms with van der Waals surface area (Å²) < 4.78 is 2.63. The highest BCUT2D eigenvalue weighted by Crippen LogP contribution is 2.34. The van der Waals surface area contributed by atoms with Crippen molar-refractivity contribution in [2.75, 3.05) is 11.4 Å². The van der Waals surface area contributed by atoms with Crippen molar-refractivity contribution in [3.8, 4) is 17.1 Å². The largest absolute Gasteiger partial charge is 0.619 e. The number of halogens is 1. The van der Waals surface area contributed by atoms with E-state index in [0.29, 0.717) is 28.2 Å². The third-order valence-corrected chi connectivity index (χ3v) is 5.40. The fraction of sp³-hybridized carbons (Fsp3) is 0.263. The van der Waals surface area contributed by atoms with E-state index >= 15 is 0 Å². The maximum Gasteiger partial charge on any atom is 0.227 e. The molecule has 0 spiro atoms. The van der Waals surface area contributed by atoms with E-state index in [1.54, 1.807) is 18.2 Å². The normalized spacial score (nSPS) is 16.3. The number of anilines is 1. The molecule has 4 aromatic rings. The predicted octanol–water partition coefficient (Wildman–Crippen LogP) is 2.09. The van der Waals surface area contributed by atoms with Crippen molar-refractivity contribution in [3.63, 3.8) is 0 Å². The second-order valence-corrected chi connectivity index (χ2v) is 7.54. The standard InChI is InChI=1S/C19H18ClN9O/c1-26-18(13-5-3-9-27(30)12-13)22-23-19(26)28-10-4-8-16(28)17-21-25-29(24-17)15-7-2-6-14(20)11-15/h2-3,5-7,9,11-12,16H,4,8,10H2,1H3/t16-/m1/s1. The van der Waals surface area contributed by atoms with Gasteiger partial charge in [-0.2, -0.15) is 4.73 Å². The third-order valence-electron chi connectivity index (χ3n) is 5.16. The maximum absolute atomic E-state index is 11.6. The van der Waals surface area contributed by atoms with E-state index in [1.807, 2.05) is 29.8 Å². The molecule has 0 saturated carbocycles. The second-order valence-electron chi connectivity index (χ2n) is 7.10. The van der Waals surface area contributed by atoms with Gasteiger partial charge in [-0.15, -0.1) is 25.2 Å². The second kappa shape index (κ2) is 7.38. The molecule has 0 aliphatic carbocycles. The average Bonchev–Trinajstić information content (AvgIpc) is 3.47. The number of hydrogen-bond acceptors (Lipinski definition) is 7. The first kappa shape index (κ1) is 18.5. The zero-order valence-electron chi connectivity index (χ0n) is 16.1. The van der Waals surface area contributed by atoms with Crippen LogP contribution in [-0.4, -0.2) is 41.5 Å². The molecule has 1 aliphatic heterocycles. The van der Waals surface area contributed by atoms with E-state index in [9.17, 15) is 5.21 Å². The van der Waals surface area contributed by atoms with E-state index in [4.69, 9.17) is 11.6 Å². The summed E-state index contributed by atoms with van der Waals surface area (Å²) in [5, 5.41) is 34.0. The van der Waals surface area contributed by atoms with Gasteiger partial charge < -0.3 is 10.1 Å². The highest BCUT2D eigenvalue weighted by Gasteiger charge is 2.33. The Kier molecular flexibility index (Phi) is 4.55. The Hall–Kier alpha value is -3.53. The lowest BCUT2D eigenvalue weighted by Gasteiger charge is -2.22. The monoisotopic (exact) mass is 423 g/mol. The van der Waals surface area contributed by atoms with Crippen molar-refractivity contribution in [1.29, 1.82) is 0 Å². The van der Waals surface area contributed by atoms with Crippen LogP contribution in [0.2, 0.25) is 5.02 Å².